The standard InChI is InChI=1S/C14H21NO2/c1-4-14(5-2,6-3)15-13(17)11-7-9-12(16)10-8-11/h7-10,16H,4-6H2,1-3H3,(H,15,17). The molecule has 0 aliphatic carbocycles. The molecule has 0 bridgehead atoms. The second kappa shape index (κ2) is 5.71. The van der Waals surface area contributed by atoms with Crippen molar-refractivity contribution >= 4 is 5.91 Å². The minimum absolute atomic E-state index is 0.0736. The van der Waals surface area contributed by atoms with E-state index in [4.69, 9.17) is 0 Å². The summed E-state index contributed by atoms with van der Waals surface area (Å²) >= 11 is 0. The Morgan fingerprint density at radius 2 is 1.59 bits per heavy atom. The first-order chi connectivity index (χ1) is 8.06. The van der Waals surface area contributed by atoms with Crippen LogP contribution in [0.25, 0.3) is 0 Å². The van der Waals surface area contributed by atoms with Gasteiger partial charge in [-0.25, -0.2) is 0 Å². The maximum absolute atomic E-state index is 12.1. The number of phenols is 1. The highest BCUT2D eigenvalue weighted by molar-refractivity contribution is 5.94. The lowest BCUT2D eigenvalue weighted by Crippen LogP contribution is -2.47. The molecule has 3 heteroatoms. The number of carbonyl (C=O) groups is 1. The Labute approximate surface area is 103 Å². The molecule has 0 heterocycles. The Balaban J connectivity index is 2.81. The highest BCUT2D eigenvalue weighted by atomic mass is 16.3. The first-order valence-corrected chi connectivity index (χ1v) is 6.18. The summed E-state index contributed by atoms with van der Waals surface area (Å²) in [5, 5.41) is 12.3. The molecule has 1 amide bonds. The van der Waals surface area contributed by atoms with Gasteiger partial charge in [0.2, 0.25) is 0 Å². The van der Waals surface area contributed by atoms with Gasteiger partial charge in [0.1, 0.15) is 5.75 Å². The molecule has 3 nitrogen and oxygen atoms in total. The van der Waals surface area contributed by atoms with E-state index in [0.717, 1.165) is 19.3 Å². The number of hydrogen-bond donors (Lipinski definition) is 2. The van der Waals surface area contributed by atoms with Crippen LogP contribution in [0.5, 0.6) is 5.75 Å². The van der Waals surface area contributed by atoms with Crippen LogP contribution in [0.1, 0.15) is 50.4 Å². The van der Waals surface area contributed by atoms with Crippen LogP contribution in [0.4, 0.5) is 0 Å². The number of nitrogens with one attached hydrogen (secondary N) is 1. The fourth-order valence-corrected chi connectivity index (χ4v) is 1.94. The summed E-state index contributed by atoms with van der Waals surface area (Å²) in [6.45, 7) is 6.26. The molecule has 0 saturated carbocycles. The number of carbonyl (C=O) groups excluding carboxylic acids is 1. The zero-order valence-electron chi connectivity index (χ0n) is 10.8. The van der Waals surface area contributed by atoms with E-state index < -0.39 is 0 Å². The molecule has 17 heavy (non-hydrogen) atoms. The van der Waals surface area contributed by atoms with Crippen molar-refractivity contribution in [2.24, 2.45) is 0 Å². The zero-order valence-corrected chi connectivity index (χ0v) is 10.8. The topological polar surface area (TPSA) is 49.3 Å². The molecule has 0 spiro atoms. The second-order valence-corrected chi connectivity index (χ2v) is 4.34. The van der Waals surface area contributed by atoms with Gasteiger partial charge in [0.05, 0.1) is 0 Å². The molecular formula is C14H21NO2. The van der Waals surface area contributed by atoms with Crippen molar-refractivity contribution in [2.45, 2.75) is 45.6 Å². The molecule has 94 valence electrons. The number of phenolic OH excluding ortho intramolecular Hbond substituents is 1. The fourth-order valence-electron chi connectivity index (χ4n) is 1.94. The second-order valence-electron chi connectivity index (χ2n) is 4.34. The van der Waals surface area contributed by atoms with Gasteiger partial charge in [0.15, 0.2) is 0 Å². The summed E-state index contributed by atoms with van der Waals surface area (Å²) in [7, 11) is 0. The average molecular weight is 235 g/mol. The van der Waals surface area contributed by atoms with Gasteiger partial charge in [0.25, 0.3) is 5.91 Å². The van der Waals surface area contributed by atoms with Crippen LogP contribution in [0.15, 0.2) is 24.3 Å². The fraction of sp³-hybridized carbons (Fsp3) is 0.500. The molecule has 0 atom stereocenters. The third-order valence-electron chi connectivity index (χ3n) is 3.54. The zero-order chi connectivity index (χ0) is 12.9. The maximum Gasteiger partial charge on any atom is 0.251 e. The van der Waals surface area contributed by atoms with Gasteiger partial charge < -0.3 is 10.4 Å². The largest absolute Gasteiger partial charge is 0.508 e. The number of rotatable bonds is 5. The van der Waals surface area contributed by atoms with Crippen LogP contribution in [0, 0.1) is 0 Å². The van der Waals surface area contributed by atoms with Crippen LogP contribution in [-0.2, 0) is 0 Å². The van der Waals surface area contributed by atoms with E-state index in [1.807, 2.05) is 0 Å². The van der Waals surface area contributed by atoms with E-state index >= 15 is 0 Å². The summed E-state index contributed by atoms with van der Waals surface area (Å²) in [6, 6.07) is 6.33. The molecule has 0 fully saturated rings. The average Bonchev–Trinajstić information content (AvgIpc) is 2.37. The van der Waals surface area contributed by atoms with Crippen LogP contribution in [-0.4, -0.2) is 16.6 Å². The molecule has 0 aromatic heterocycles. The summed E-state index contributed by atoms with van der Waals surface area (Å²) in [4.78, 5) is 12.1. The Morgan fingerprint density at radius 1 is 1.12 bits per heavy atom. The van der Waals surface area contributed by atoms with E-state index in [9.17, 15) is 9.90 Å². The Kier molecular flexibility index (Phi) is 4.55. The quantitative estimate of drug-likeness (QED) is 0.824. The number of aromatic hydroxyl groups is 1. The van der Waals surface area contributed by atoms with Crippen molar-refractivity contribution in [2.75, 3.05) is 0 Å². The van der Waals surface area contributed by atoms with Gasteiger partial charge in [-0.1, -0.05) is 20.8 Å². The highest BCUT2D eigenvalue weighted by Gasteiger charge is 2.26. The molecule has 1 rings (SSSR count). The Bertz CT molecular complexity index is 358. The van der Waals surface area contributed by atoms with Gasteiger partial charge in [-0.2, -0.15) is 0 Å². The van der Waals surface area contributed by atoms with Crippen LogP contribution in [0.2, 0.25) is 0 Å². The lowest BCUT2D eigenvalue weighted by molar-refractivity contribution is 0.0888. The van der Waals surface area contributed by atoms with Crippen molar-refractivity contribution in [1.82, 2.24) is 5.32 Å². The minimum Gasteiger partial charge on any atom is -0.508 e. The molecular weight excluding hydrogens is 214 g/mol. The maximum atomic E-state index is 12.1. The van der Waals surface area contributed by atoms with Crippen molar-refractivity contribution in [1.29, 1.82) is 0 Å². The van der Waals surface area contributed by atoms with E-state index in [2.05, 4.69) is 26.1 Å². The third kappa shape index (κ3) is 3.22. The molecule has 0 saturated heterocycles. The third-order valence-corrected chi connectivity index (χ3v) is 3.54. The van der Waals surface area contributed by atoms with E-state index in [1.165, 1.54) is 12.1 Å². The van der Waals surface area contributed by atoms with E-state index in [0.29, 0.717) is 5.56 Å². The minimum atomic E-state index is -0.116. The van der Waals surface area contributed by atoms with Gasteiger partial charge >= 0.3 is 0 Å². The molecule has 1 aromatic carbocycles. The van der Waals surface area contributed by atoms with E-state index in [1.54, 1.807) is 12.1 Å². The summed E-state index contributed by atoms with van der Waals surface area (Å²) in [6.07, 6.45) is 2.76. The van der Waals surface area contributed by atoms with Crippen LogP contribution in [0.3, 0.4) is 0 Å². The Morgan fingerprint density at radius 3 is 2.00 bits per heavy atom. The van der Waals surface area contributed by atoms with Gasteiger partial charge in [-0.3, -0.25) is 4.79 Å². The molecule has 0 radical (unpaired) electrons. The predicted octanol–water partition coefficient (Wildman–Crippen LogP) is 3.09. The SMILES string of the molecule is CCC(CC)(CC)NC(=O)c1ccc(O)cc1. The van der Waals surface area contributed by atoms with Crippen LogP contribution < -0.4 is 5.32 Å². The monoisotopic (exact) mass is 235 g/mol. The first-order valence-electron chi connectivity index (χ1n) is 6.18. The van der Waals surface area contributed by atoms with Crippen molar-refractivity contribution in [3.63, 3.8) is 0 Å². The van der Waals surface area contributed by atoms with Gasteiger partial charge in [0, 0.05) is 11.1 Å². The van der Waals surface area contributed by atoms with E-state index in [-0.39, 0.29) is 17.2 Å². The summed E-state index contributed by atoms with van der Waals surface area (Å²) in [5.41, 5.74) is 0.470. The van der Waals surface area contributed by atoms with Crippen molar-refractivity contribution < 1.29 is 9.90 Å². The van der Waals surface area contributed by atoms with Gasteiger partial charge in [-0.05, 0) is 43.5 Å². The normalized spacial score (nSPS) is 11.2. The van der Waals surface area contributed by atoms with Crippen LogP contribution >= 0.6 is 0 Å². The lowest BCUT2D eigenvalue weighted by atomic mass is 9.89. The van der Waals surface area contributed by atoms with Gasteiger partial charge in [-0.15, -0.1) is 0 Å². The smallest absolute Gasteiger partial charge is 0.251 e. The molecule has 0 unspecified atom stereocenters. The molecule has 0 aliphatic rings. The lowest BCUT2D eigenvalue weighted by Gasteiger charge is -2.31. The van der Waals surface area contributed by atoms with Crippen molar-refractivity contribution in [3.05, 3.63) is 29.8 Å². The summed E-state index contributed by atoms with van der Waals surface area (Å²) in [5.74, 6) is 0.102. The first kappa shape index (κ1) is 13.6. The van der Waals surface area contributed by atoms with Crippen molar-refractivity contribution in [3.8, 4) is 5.75 Å². The molecule has 2 N–H and O–H groups in total. The number of amides is 1. The molecule has 1 aromatic rings. The summed E-state index contributed by atoms with van der Waals surface area (Å²) < 4.78 is 0. The number of benzene rings is 1. The number of hydrogen-bond acceptors (Lipinski definition) is 2. The Hall–Kier alpha value is -1.51. The molecule has 0 aliphatic heterocycles. The predicted molar refractivity (Wildman–Crippen MR) is 69.2 cm³/mol. The highest BCUT2D eigenvalue weighted by Crippen LogP contribution is 2.20.